The molecule has 0 aliphatic heterocycles. The molecule has 2 nitrogen and oxygen atoms in total. The van der Waals surface area contributed by atoms with Gasteiger partial charge in [-0.15, -0.1) is 0 Å². The minimum absolute atomic E-state index is 0.716. The van der Waals surface area contributed by atoms with Crippen LogP contribution in [0.2, 0.25) is 0 Å². The van der Waals surface area contributed by atoms with Crippen molar-refractivity contribution in [1.82, 2.24) is 5.32 Å². The van der Waals surface area contributed by atoms with E-state index in [2.05, 4.69) is 5.32 Å². The summed E-state index contributed by atoms with van der Waals surface area (Å²) in [5, 5.41) is 2.95. The molecule has 0 saturated carbocycles. The number of hydrogen-bond acceptors (Lipinski definition) is 2. The molecule has 0 rings (SSSR count). The van der Waals surface area contributed by atoms with Crippen molar-refractivity contribution in [1.29, 1.82) is 0 Å². The van der Waals surface area contributed by atoms with Gasteiger partial charge in [-0.25, -0.2) is 0 Å². The van der Waals surface area contributed by atoms with E-state index in [1.54, 1.807) is 7.11 Å². The SMILES string of the molecule is COCCNC(C)=S. The Morgan fingerprint density at radius 2 is 2.38 bits per heavy atom. The number of rotatable bonds is 3. The number of nitrogens with one attached hydrogen (secondary N) is 1. The van der Waals surface area contributed by atoms with E-state index in [0.717, 1.165) is 11.5 Å². The molecule has 0 unspecified atom stereocenters. The maximum atomic E-state index is 4.77. The lowest BCUT2D eigenvalue weighted by molar-refractivity contribution is 0.204. The van der Waals surface area contributed by atoms with E-state index in [-0.39, 0.29) is 0 Å². The highest BCUT2D eigenvalue weighted by Crippen LogP contribution is 1.67. The summed E-state index contributed by atoms with van der Waals surface area (Å²) in [5.41, 5.74) is 0. The van der Waals surface area contributed by atoms with Crippen molar-refractivity contribution >= 4 is 17.2 Å². The molecule has 48 valence electrons. The topological polar surface area (TPSA) is 21.3 Å². The first-order valence-electron chi connectivity index (χ1n) is 2.50. The molecule has 3 heteroatoms. The zero-order valence-electron chi connectivity index (χ0n) is 5.23. The van der Waals surface area contributed by atoms with Crippen LogP contribution >= 0.6 is 12.2 Å². The van der Waals surface area contributed by atoms with E-state index < -0.39 is 0 Å². The summed E-state index contributed by atoms with van der Waals surface area (Å²) in [6, 6.07) is 0. The summed E-state index contributed by atoms with van der Waals surface area (Å²) in [4.78, 5) is 0.821. The average Bonchev–Trinajstić information content (AvgIpc) is 1.66. The molecule has 0 aliphatic carbocycles. The van der Waals surface area contributed by atoms with Crippen molar-refractivity contribution in [3.05, 3.63) is 0 Å². The summed E-state index contributed by atoms with van der Waals surface area (Å²) in [6.45, 7) is 3.38. The van der Waals surface area contributed by atoms with Gasteiger partial charge in [0.25, 0.3) is 0 Å². The largest absolute Gasteiger partial charge is 0.383 e. The molecular weight excluding hydrogens is 122 g/mol. The minimum atomic E-state index is 0.716. The van der Waals surface area contributed by atoms with Gasteiger partial charge in [-0.1, -0.05) is 12.2 Å². The highest BCUT2D eigenvalue weighted by molar-refractivity contribution is 7.80. The Balaban J connectivity index is 2.82. The van der Waals surface area contributed by atoms with Crippen molar-refractivity contribution in [3.8, 4) is 0 Å². The average molecular weight is 133 g/mol. The van der Waals surface area contributed by atoms with Crippen molar-refractivity contribution in [3.63, 3.8) is 0 Å². The Morgan fingerprint density at radius 3 is 2.75 bits per heavy atom. The van der Waals surface area contributed by atoms with Crippen LogP contribution in [-0.2, 0) is 4.74 Å². The van der Waals surface area contributed by atoms with E-state index in [4.69, 9.17) is 17.0 Å². The zero-order valence-corrected chi connectivity index (χ0v) is 6.05. The molecule has 0 amide bonds. The van der Waals surface area contributed by atoms with Crippen LogP contribution in [-0.4, -0.2) is 25.2 Å². The van der Waals surface area contributed by atoms with E-state index in [1.165, 1.54) is 0 Å². The predicted molar refractivity (Wildman–Crippen MR) is 38.2 cm³/mol. The Labute approximate surface area is 55.2 Å². The van der Waals surface area contributed by atoms with Crippen LogP contribution in [0.25, 0.3) is 0 Å². The lowest BCUT2D eigenvalue weighted by Crippen LogP contribution is -2.22. The van der Waals surface area contributed by atoms with E-state index in [1.807, 2.05) is 6.92 Å². The molecule has 0 saturated heterocycles. The molecule has 0 atom stereocenters. The Morgan fingerprint density at radius 1 is 1.75 bits per heavy atom. The van der Waals surface area contributed by atoms with Crippen LogP contribution in [0.1, 0.15) is 6.92 Å². The van der Waals surface area contributed by atoms with Crippen molar-refractivity contribution in [2.75, 3.05) is 20.3 Å². The minimum Gasteiger partial charge on any atom is -0.383 e. The number of methoxy groups -OCH3 is 1. The molecule has 0 aromatic heterocycles. The summed E-state index contributed by atoms with van der Waals surface area (Å²) in [5.74, 6) is 0. The molecule has 8 heavy (non-hydrogen) atoms. The van der Waals surface area contributed by atoms with E-state index in [9.17, 15) is 0 Å². The third-order valence-electron chi connectivity index (χ3n) is 0.680. The summed E-state index contributed by atoms with van der Waals surface area (Å²) < 4.78 is 4.77. The van der Waals surface area contributed by atoms with Crippen LogP contribution in [0.3, 0.4) is 0 Å². The molecule has 0 aromatic carbocycles. The Kier molecular flexibility index (Phi) is 4.90. The van der Waals surface area contributed by atoms with E-state index in [0.29, 0.717) is 6.61 Å². The third kappa shape index (κ3) is 5.85. The molecule has 0 aromatic rings. The number of thiocarbonyl (C=S) groups is 1. The summed E-state index contributed by atoms with van der Waals surface area (Å²) in [7, 11) is 1.67. The van der Waals surface area contributed by atoms with Crippen molar-refractivity contribution < 1.29 is 4.74 Å². The molecule has 0 fully saturated rings. The van der Waals surface area contributed by atoms with Crippen LogP contribution < -0.4 is 5.32 Å². The van der Waals surface area contributed by atoms with Crippen LogP contribution in [0.4, 0.5) is 0 Å². The predicted octanol–water partition coefficient (Wildman–Crippen LogP) is 0.570. The van der Waals surface area contributed by atoms with Gasteiger partial charge in [0.1, 0.15) is 0 Å². The van der Waals surface area contributed by atoms with Gasteiger partial charge in [0.2, 0.25) is 0 Å². The molecule has 0 heterocycles. The first kappa shape index (κ1) is 7.85. The number of hydrogen-bond donors (Lipinski definition) is 1. The second kappa shape index (κ2) is 5.00. The first-order chi connectivity index (χ1) is 3.77. The monoisotopic (exact) mass is 133 g/mol. The van der Waals surface area contributed by atoms with Crippen LogP contribution in [0.15, 0.2) is 0 Å². The van der Waals surface area contributed by atoms with Gasteiger partial charge >= 0.3 is 0 Å². The number of ether oxygens (including phenoxy) is 1. The molecule has 0 spiro atoms. The third-order valence-corrected chi connectivity index (χ3v) is 0.824. The lowest BCUT2D eigenvalue weighted by atomic mass is 10.6. The molecule has 0 bridgehead atoms. The molecular formula is C5H11NOS. The van der Waals surface area contributed by atoms with Gasteiger partial charge in [-0.3, -0.25) is 0 Å². The van der Waals surface area contributed by atoms with Gasteiger partial charge in [0.05, 0.1) is 11.6 Å². The Hall–Kier alpha value is -0.150. The smallest absolute Gasteiger partial charge is 0.0722 e. The quantitative estimate of drug-likeness (QED) is 0.449. The molecule has 1 N–H and O–H groups in total. The van der Waals surface area contributed by atoms with Crippen LogP contribution in [0, 0.1) is 0 Å². The second-order valence-electron chi connectivity index (χ2n) is 1.48. The highest BCUT2D eigenvalue weighted by atomic mass is 32.1. The van der Waals surface area contributed by atoms with Gasteiger partial charge in [0, 0.05) is 13.7 Å². The maximum absolute atomic E-state index is 4.77. The van der Waals surface area contributed by atoms with Crippen molar-refractivity contribution in [2.24, 2.45) is 0 Å². The fraction of sp³-hybridized carbons (Fsp3) is 0.800. The Bertz CT molecular complexity index is 74.8. The zero-order chi connectivity index (χ0) is 6.41. The summed E-state index contributed by atoms with van der Waals surface area (Å²) in [6.07, 6.45) is 0. The molecule has 0 aliphatic rings. The summed E-state index contributed by atoms with van der Waals surface area (Å²) >= 11 is 4.74. The second-order valence-corrected chi connectivity index (χ2v) is 2.09. The van der Waals surface area contributed by atoms with Gasteiger partial charge in [0.15, 0.2) is 0 Å². The normalized spacial score (nSPS) is 8.75. The van der Waals surface area contributed by atoms with Gasteiger partial charge in [-0.05, 0) is 6.92 Å². The van der Waals surface area contributed by atoms with Crippen molar-refractivity contribution in [2.45, 2.75) is 6.92 Å². The standard InChI is InChI=1S/C5H11NOS/c1-5(8)6-3-4-7-2/h3-4H2,1-2H3,(H,6,8). The fourth-order valence-electron chi connectivity index (χ4n) is 0.329. The maximum Gasteiger partial charge on any atom is 0.0722 e. The molecule has 0 radical (unpaired) electrons. The fourth-order valence-corrected chi connectivity index (χ4v) is 0.431. The van der Waals surface area contributed by atoms with Gasteiger partial charge in [-0.2, -0.15) is 0 Å². The highest BCUT2D eigenvalue weighted by Gasteiger charge is 1.82. The first-order valence-corrected chi connectivity index (χ1v) is 2.91. The van der Waals surface area contributed by atoms with Crippen LogP contribution in [0.5, 0.6) is 0 Å². The van der Waals surface area contributed by atoms with E-state index >= 15 is 0 Å². The lowest BCUT2D eigenvalue weighted by Gasteiger charge is -1.99. The van der Waals surface area contributed by atoms with Gasteiger partial charge < -0.3 is 10.1 Å².